The summed E-state index contributed by atoms with van der Waals surface area (Å²) in [6, 6.07) is 13.5. The van der Waals surface area contributed by atoms with Crippen LogP contribution in [0.2, 0.25) is 0 Å². The van der Waals surface area contributed by atoms with Gasteiger partial charge in [-0.3, -0.25) is 9.59 Å². The molecule has 1 N–H and O–H groups in total. The summed E-state index contributed by atoms with van der Waals surface area (Å²) in [7, 11) is -3.57. The highest BCUT2D eigenvalue weighted by atomic mass is 127. The number of benzene rings is 2. The minimum atomic E-state index is -3.57. The Morgan fingerprint density at radius 1 is 1.04 bits per heavy atom. The number of halogens is 1. The van der Waals surface area contributed by atoms with Gasteiger partial charge in [-0.2, -0.15) is 0 Å². The number of hydrogen-bond donors (Lipinski definition) is 1. The van der Waals surface area contributed by atoms with Crippen LogP contribution in [0.25, 0.3) is 0 Å². The van der Waals surface area contributed by atoms with Gasteiger partial charge in [0.15, 0.2) is 16.4 Å². The largest absolute Gasteiger partial charge is 0.456 e. The van der Waals surface area contributed by atoms with Crippen molar-refractivity contribution in [3.8, 4) is 0 Å². The van der Waals surface area contributed by atoms with Crippen LogP contribution in [0.1, 0.15) is 12.0 Å². The van der Waals surface area contributed by atoms with Crippen molar-refractivity contribution in [3.63, 3.8) is 0 Å². The molecule has 2 aromatic rings. The Morgan fingerprint density at radius 2 is 1.65 bits per heavy atom. The molecule has 0 saturated carbocycles. The van der Waals surface area contributed by atoms with Gasteiger partial charge in [0.25, 0.3) is 5.91 Å². The van der Waals surface area contributed by atoms with E-state index in [-0.39, 0.29) is 17.1 Å². The second-order valence-electron chi connectivity index (χ2n) is 5.60. The van der Waals surface area contributed by atoms with E-state index >= 15 is 0 Å². The lowest BCUT2D eigenvalue weighted by atomic mass is 10.2. The molecule has 0 heterocycles. The van der Waals surface area contributed by atoms with E-state index in [4.69, 9.17) is 4.74 Å². The zero-order chi connectivity index (χ0) is 19.2. The Bertz CT molecular complexity index is 877. The second kappa shape index (κ2) is 9.13. The molecule has 138 valence electrons. The summed E-state index contributed by atoms with van der Waals surface area (Å²) in [6.45, 7) is 1.39. The SMILES string of the molecule is Cc1ccc(S(=O)(=O)CCC(=O)OCC(=O)Nc2ccc(I)cc2)cc1. The average molecular weight is 487 g/mol. The quantitative estimate of drug-likeness (QED) is 0.479. The summed E-state index contributed by atoms with van der Waals surface area (Å²) in [4.78, 5) is 23.6. The number of ether oxygens (including phenoxy) is 1. The summed E-state index contributed by atoms with van der Waals surface area (Å²) >= 11 is 2.15. The molecule has 6 nitrogen and oxygen atoms in total. The Labute approximate surface area is 166 Å². The zero-order valence-electron chi connectivity index (χ0n) is 14.1. The van der Waals surface area contributed by atoms with Crippen molar-refractivity contribution in [1.29, 1.82) is 0 Å². The molecule has 26 heavy (non-hydrogen) atoms. The number of nitrogens with one attached hydrogen (secondary N) is 1. The van der Waals surface area contributed by atoms with Crippen molar-refractivity contribution in [2.45, 2.75) is 18.2 Å². The molecule has 0 fully saturated rings. The molecule has 0 aromatic heterocycles. The molecule has 8 heteroatoms. The standard InChI is InChI=1S/C18H18INO5S/c1-13-2-8-16(9-3-13)26(23,24)11-10-18(22)25-12-17(21)20-15-6-4-14(19)5-7-15/h2-9H,10-12H2,1H3,(H,20,21). The molecule has 0 radical (unpaired) electrons. The highest BCUT2D eigenvalue weighted by Crippen LogP contribution is 2.13. The predicted molar refractivity (Wildman–Crippen MR) is 107 cm³/mol. The number of carbonyl (C=O) groups excluding carboxylic acids is 2. The van der Waals surface area contributed by atoms with Crippen molar-refractivity contribution < 1.29 is 22.7 Å². The zero-order valence-corrected chi connectivity index (χ0v) is 17.0. The van der Waals surface area contributed by atoms with Gasteiger partial charge in [0, 0.05) is 9.26 Å². The van der Waals surface area contributed by atoms with Crippen molar-refractivity contribution in [1.82, 2.24) is 0 Å². The molecule has 0 saturated heterocycles. The van der Waals surface area contributed by atoms with E-state index < -0.39 is 28.3 Å². The highest BCUT2D eigenvalue weighted by molar-refractivity contribution is 14.1. The van der Waals surface area contributed by atoms with E-state index in [0.29, 0.717) is 5.69 Å². The fraction of sp³-hybridized carbons (Fsp3) is 0.222. The van der Waals surface area contributed by atoms with Crippen LogP contribution in [0, 0.1) is 10.5 Å². The summed E-state index contributed by atoms with van der Waals surface area (Å²) in [5, 5.41) is 2.59. The summed E-state index contributed by atoms with van der Waals surface area (Å²) in [6.07, 6.45) is -0.312. The summed E-state index contributed by atoms with van der Waals surface area (Å²) in [5.74, 6) is -1.59. The van der Waals surface area contributed by atoms with E-state index in [9.17, 15) is 18.0 Å². The Kier molecular flexibility index (Phi) is 7.15. The van der Waals surface area contributed by atoms with Crippen molar-refractivity contribution in [3.05, 3.63) is 57.7 Å². The average Bonchev–Trinajstić information content (AvgIpc) is 2.61. The minimum absolute atomic E-state index is 0.160. The predicted octanol–water partition coefficient (Wildman–Crippen LogP) is 2.95. The van der Waals surface area contributed by atoms with E-state index in [1.54, 1.807) is 24.3 Å². The van der Waals surface area contributed by atoms with Gasteiger partial charge in [0.1, 0.15) is 0 Å². The molecule has 2 rings (SSSR count). The van der Waals surface area contributed by atoms with Crippen molar-refractivity contribution >= 4 is 50.0 Å². The molecule has 2 aromatic carbocycles. The van der Waals surface area contributed by atoms with Gasteiger partial charge in [-0.15, -0.1) is 0 Å². The van der Waals surface area contributed by atoms with Gasteiger partial charge < -0.3 is 10.1 Å². The minimum Gasteiger partial charge on any atom is -0.456 e. The van der Waals surface area contributed by atoms with E-state index in [1.165, 1.54) is 12.1 Å². The van der Waals surface area contributed by atoms with Gasteiger partial charge in [0.05, 0.1) is 17.1 Å². The number of rotatable bonds is 7. The lowest BCUT2D eigenvalue weighted by molar-refractivity contribution is -0.146. The van der Waals surface area contributed by atoms with E-state index in [1.807, 2.05) is 19.1 Å². The number of amides is 1. The van der Waals surface area contributed by atoms with Crippen LogP contribution >= 0.6 is 22.6 Å². The van der Waals surface area contributed by atoms with Crippen LogP contribution < -0.4 is 5.32 Å². The molecule has 0 atom stereocenters. The Balaban J connectivity index is 1.78. The molecule has 0 aliphatic heterocycles. The van der Waals surface area contributed by atoms with Gasteiger partial charge >= 0.3 is 5.97 Å². The lowest BCUT2D eigenvalue weighted by Crippen LogP contribution is -2.22. The molecule has 0 aliphatic carbocycles. The molecular weight excluding hydrogens is 469 g/mol. The smallest absolute Gasteiger partial charge is 0.307 e. The first-order chi connectivity index (χ1) is 12.3. The first-order valence-corrected chi connectivity index (χ1v) is 10.5. The van der Waals surface area contributed by atoms with Gasteiger partial charge in [-0.25, -0.2) is 8.42 Å². The molecular formula is C18H18INO5S. The van der Waals surface area contributed by atoms with E-state index in [0.717, 1.165) is 9.13 Å². The number of carbonyl (C=O) groups is 2. The molecule has 0 spiro atoms. The maximum Gasteiger partial charge on any atom is 0.307 e. The van der Waals surface area contributed by atoms with Crippen molar-refractivity contribution in [2.24, 2.45) is 0 Å². The van der Waals surface area contributed by atoms with Crippen LogP contribution in [0.3, 0.4) is 0 Å². The maximum absolute atomic E-state index is 12.2. The first kappa shape index (κ1) is 20.4. The molecule has 0 aliphatic rings. The van der Waals surface area contributed by atoms with E-state index in [2.05, 4.69) is 27.9 Å². The normalized spacial score (nSPS) is 11.0. The number of aryl methyl sites for hydroxylation is 1. The number of anilines is 1. The fourth-order valence-electron chi connectivity index (χ4n) is 2.03. The highest BCUT2D eigenvalue weighted by Gasteiger charge is 2.17. The second-order valence-corrected chi connectivity index (χ2v) is 8.95. The topological polar surface area (TPSA) is 89.5 Å². The maximum atomic E-state index is 12.2. The van der Waals surface area contributed by atoms with Gasteiger partial charge in [-0.05, 0) is 65.9 Å². The van der Waals surface area contributed by atoms with Crippen LogP contribution in [0.4, 0.5) is 5.69 Å². The lowest BCUT2D eigenvalue weighted by Gasteiger charge is -2.07. The number of sulfone groups is 1. The fourth-order valence-corrected chi connectivity index (χ4v) is 3.61. The Morgan fingerprint density at radius 3 is 2.27 bits per heavy atom. The van der Waals surface area contributed by atoms with Crippen LogP contribution in [-0.4, -0.2) is 32.7 Å². The first-order valence-electron chi connectivity index (χ1n) is 7.77. The third kappa shape index (κ3) is 6.41. The monoisotopic (exact) mass is 487 g/mol. The van der Waals surface area contributed by atoms with Crippen LogP contribution in [-0.2, 0) is 24.2 Å². The van der Waals surface area contributed by atoms with Crippen molar-refractivity contribution in [2.75, 3.05) is 17.7 Å². The van der Waals surface area contributed by atoms with Crippen LogP contribution in [0.15, 0.2) is 53.4 Å². The third-order valence-electron chi connectivity index (χ3n) is 3.45. The third-order valence-corrected chi connectivity index (χ3v) is 5.90. The summed E-state index contributed by atoms with van der Waals surface area (Å²) in [5.41, 5.74) is 1.54. The summed E-state index contributed by atoms with van der Waals surface area (Å²) < 4.78 is 30.2. The number of hydrogen-bond acceptors (Lipinski definition) is 5. The number of esters is 1. The van der Waals surface area contributed by atoms with Gasteiger partial charge in [0.2, 0.25) is 0 Å². The van der Waals surface area contributed by atoms with Gasteiger partial charge in [-0.1, -0.05) is 17.7 Å². The molecule has 1 amide bonds. The molecule has 0 bridgehead atoms. The Hall–Kier alpha value is -1.94. The molecule has 0 unspecified atom stereocenters. The van der Waals surface area contributed by atoms with Crippen LogP contribution in [0.5, 0.6) is 0 Å².